The normalized spacial score (nSPS) is 11.3. The second kappa shape index (κ2) is 23.9. The van der Waals surface area contributed by atoms with Gasteiger partial charge in [0.2, 0.25) is 0 Å². The van der Waals surface area contributed by atoms with Crippen LogP contribution in [0.1, 0.15) is 60.8 Å². The summed E-state index contributed by atoms with van der Waals surface area (Å²) < 4.78 is 21.7. The van der Waals surface area contributed by atoms with E-state index in [1.165, 1.54) is 0 Å². The standard InChI is InChI=1S/C25H50N4O6S2/c1-21(2)19-29-23(30)27-10-7-8-13-34-20-36-37-25(5,6)9-14-35-24(31)28-12-16-33-18-17-32-15-11-26-22(3)4/h19,22,26H,7-18,20H2,1-6H3,(H,28,31)(H2,27,29,30). The van der Waals surface area contributed by atoms with E-state index in [-0.39, 0.29) is 10.8 Å². The molecule has 0 saturated carbocycles. The number of hydrogen-bond donors (Lipinski definition) is 4. The SMILES string of the molecule is CC(C)=CNC(=O)NCCCCOCSSC(C)(C)CCOC(=O)NCCOCCOCCNC(C)C. The van der Waals surface area contributed by atoms with E-state index >= 15 is 0 Å². The third-order valence-electron chi connectivity index (χ3n) is 4.53. The largest absolute Gasteiger partial charge is 0.450 e. The molecular formula is C25H50N4O6S2. The molecule has 12 heteroatoms. The molecular weight excluding hydrogens is 516 g/mol. The van der Waals surface area contributed by atoms with Crippen molar-refractivity contribution in [2.75, 3.05) is 65.2 Å². The lowest BCUT2D eigenvalue weighted by atomic mass is 10.1. The minimum atomic E-state index is -0.430. The molecule has 3 amide bonds. The Bertz CT molecular complexity index is 620. The molecule has 0 aliphatic rings. The van der Waals surface area contributed by atoms with Crippen molar-refractivity contribution in [1.29, 1.82) is 0 Å². The summed E-state index contributed by atoms with van der Waals surface area (Å²) in [5, 5.41) is 11.4. The molecule has 0 saturated heterocycles. The molecule has 0 heterocycles. The Morgan fingerprint density at radius 1 is 0.865 bits per heavy atom. The highest BCUT2D eigenvalue weighted by Crippen LogP contribution is 2.37. The van der Waals surface area contributed by atoms with Crippen LogP contribution in [0.25, 0.3) is 0 Å². The first-order chi connectivity index (χ1) is 17.6. The van der Waals surface area contributed by atoms with Crippen molar-refractivity contribution in [3.05, 3.63) is 11.8 Å². The molecule has 0 rings (SSSR count). The molecule has 0 aromatic rings. The average Bonchev–Trinajstić information content (AvgIpc) is 2.82. The molecule has 0 aromatic heterocycles. The fraction of sp³-hybridized carbons (Fsp3) is 0.840. The number of alkyl carbamates (subject to hydrolysis) is 1. The lowest BCUT2D eigenvalue weighted by molar-refractivity contribution is 0.0489. The Morgan fingerprint density at radius 2 is 1.57 bits per heavy atom. The van der Waals surface area contributed by atoms with Crippen LogP contribution in [0.15, 0.2) is 11.8 Å². The zero-order valence-electron chi connectivity index (χ0n) is 23.6. The minimum absolute atomic E-state index is 0.0509. The van der Waals surface area contributed by atoms with Gasteiger partial charge in [-0.25, -0.2) is 9.59 Å². The van der Waals surface area contributed by atoms with E-state index in [1.807, 2.05) is 13.8 Å². The van der Waals surface area contributed by atoms with Gasteiger partial charge in [0.1, 0.15) is 5.94 Å². The van der Waals surface area contributed by atoms with Crippen LogP contribution in [0, 0.1) is 0 Å². The second-order valence-corrected chi connectivity index (χ2v) is 12.4. The number of hydrogen-bond acceptors (Lipinski definition) is 9. The maximum absolute atomic E-state index is 11.8. The Morgan fingerprint density at radius 3 is 2.24 bits per heavy atom. The highest BCUT2D eigenvalue weighted by Gasteiger charge is 2.19. The van der Waals surface area contributed by atoms with Crippen LogP contribution in [0.4, 0.5) is 9.59 Å². The summed E-state index contributed by atoms with van der Waals surface area (Å²) in [6, 6.07) is 0.272. The van der Waals surface area contributed by atoms with E-state index in [2.05, 4.69) is 49.0 Å². The molecule has 0 atom stereocenters. The topological polar surface area (TPSA) is 119 Å². The van der Waals surface area contributed by atoms with Crippen LogP contribution < -0.4 is 21.3 Å². The van der Waals surface area contributed by atoms with E-state index in [1.54, 1.807) is 27.8 Å². The van der Waals surface area contributed by atoms with Crippen molar-refractivity contribution < 1.29 is 28.5 Å². The number of unbranched alkanes of at least 4 members (excludes halogenated alkanes) is 1. The van der Waals surface area contributed by atoms with Crippen molar-refractivity contribution >= 4 is 33.7 Å². The maximum atomic E-state index is 11.8. The number of ether oxygens (including phenoxy) is 4. The molecule has 0 aliphatic heterocycles. The first-order valence-corrected chi connectivity index (χ1v) is 15.3. The number of amides is 3. The number of carbonyl (C=O) groups excluding carboxylic acids is 2. The fourth-order valence-corrected chi connectivity index (χ4v) is 4.79. The van der Waals surface area contributed by atoms with Gasteiger partial charge in [-0.3, -0.25) is 0 Å². The van der Waals surface area contributed by atoms with Gasteiger partial charge in [0.05, 0.1) is 33.0 Å². The predicted molar refractivity (Wildman–Crippen MR) is 154 cm³/mol. The quantitative estimate of drug-likeness (QED) is 0.0817. The Labute approximate surface area is 231 Å². The van der Waals surface area contributed by atoms with Crippen LogP contribution in [-0.4, -0.2) is 88.1 Å². The number of allylic oxidation sites excluding steroid dienone is 1. The van der Waals surface area contributed by atoms with Crippen molar-refractivity contribution in [3.63, 3.8) is 0 Å². The van der Waals surface area contributed by atoms with E-state index in [9.17, 15) is 9.59 Å². The summed E-state index contributed by atoms with van der Waals surface area (Å²) in [5.74, 6) is 0.587. The van der Waals surface area contributed by atoms with Gasteiger partial charge >= 0.3 is 12.1 Å². The smallest absolute Gasteiger partial charge is 0.407 e. The van der Waals surface area contributed by atoms with Crippen molar-refractivity contribution in [2.24, 2.45) is 0 Å². The first kappa shape index (κ1) is 35.8. The summed E-state index contributed by atoms with van der Waals surface area (Å²) in [6.07, 6.45) is 3.73. The third-order valence-corrected chi connectivity index (χ3v) is 7.56. The molecule has 0 spiro atoms. The molecule has 0 radical (unpaired) electrons. The van der Waals surface area contributed by atoms with Crippen molar-refractivity contribution in [2.45, 2.75) is 71.6 Å². The van der Waals surface area contributed by atoms with Gasteiger partial charge in [0, 0.05) is 43.2 Å². The van der Waals surface area contributed by atoms with E-state index in [4.69, 9.17) is 18.9 Å². The Kier molecular flexibility index (Phi) is 23.1. The van der Waals surface area contributed by atoms with Crippen molar-refractivity contribution in [1.82, 2.24) is 21.3 Å². The van der Waals surface area contributed by atoms with Gasteiger partial charge in [0.15, 0.2) is 0 Å². The molecule has 218 valence electrons. The Balaban J connectivity index is 3.53. The van der Waals surface area contributed by atoms with Gasteiger partial charge < -0.3 is 40.2 Å². The predicted octanol–water partition coefficient (Wildman–Crippen LogP) is 4.27. The Hall–Kier alpha value is -1.18. The van der Waals surface area contributed by atoms with Crippen LogP contribution in [0.2, 0.25) is 0 Å². The zero-order chi connectivity index (χ0) is 27.8. The lowest BCUT2D eigenvalue weighted by Gasteiger charge is -2.22. The third kappa shape index (κ3) is 27.7. The van der Waals surface area contributed by atoms with Crippen LogP contribution in [0.5, 0.6) is 0 Å². The molecule has 0 aliphatic carbocycles. The summed E-state index contributed by atoms with van der Waals surface area (Å²) in [7, 11) is 3.37. The van der Waals surface area contributed by atoms with E-state index < -0.39 is 6.09 Å². The molecule has 37 heavy (non-hydrogen) atoms. The molecule has 0 fully saturated rings. The highest BCUT2D eigenvalue weighted by molar-refractivity contribution is 8.77. The maximum Gasteiger partial charge on any atom is 0.407 e. The molecule has 4 N–H and O–H groups in total. The van der Waals surface area contributed by atoms with Crippen LogP contribution in [0.3, 0.4) is 0 Å². The summed E-state index contributed by atoms with van der Waals surface area (Å²) in [6.45, 7) is 17.2. The number of urea groups is 1. The number of carbonyl (C=O) groups is 2. The van der Waals surface area contributed by atoms with Gasteiger partial charge in [0.25, 0.3) is 0 Å². The van der Waals surface area contributed by atoms with Gasteiger partial charge in [-0.1, -0.05) is 41.0 Å². The zero-order valence-corrected chi connectivity index (χ0v) is 25.2. The second-order valence-electron chi connectivity index (χ2n) is 9.46. The monoisotopic (exact) mass is 566 g/mol. The lowest BCUT2D eigenvalue weighted by Crippen LogP contribution is -2.33. The molecule has 10 nitrogen and oxygen atoms in total. The summed E-state index contributed by atoms with van der Waals surface area (Å²) in [4.78, 5) is 23.3. The van der Waals surface area contributed by atoms with E-state index in [0.29, 0.717) is 64.7 Å². The molecule has 0 aromatic carbocycles. The highest BCUT2D eigenvalue weighted by atomic mass is 33.1. The van der Waals surface area contributed by atoms with E-state index in [0.717, 1.165) is 31.4 Å². The molecule has 0 unspecified atom stereocenters. The van der Waals surface area contributed by atoms with Crippen molar-refractivity contribution in [3.8, 4) is 0 Å². The summed E-state index contributed by atoms with van der Waals surface area (Å²) >= 11 is 0. The van der Waals surface area contributed by atoms with Gasteiger partial charge in [-0.05, 0) is 47.0 Å². The minimum Gasteiger partial charge on any atom is -0.450 e. The summed E-state index contributed by atoms with van der Waals surface area (Å²) in [5.41, 5.74) is 1.04. The van der Waals surface area contributed by atoms with Crippen LogP contribution >= 0.6 is 21.6 Å². The number of nitrogens with one attached hydrogen (secondary N) is 4. The van der Waals surface area contributed by atoms with Crippen LogP contribution in [-0.2, 0) is 18.9 Å². The fourth-order valence-electron chi connectivity index (χ4n) is 2.52. The molecule has 0 bridgehead atoms. The first-order valence-electron chi connectivity index (χ1n) is 13.0. The van der Waals surface area contributed by atoms with Gasteiger partial charge in [-0.2, -0.15) is 0 Å². The average molecular weight is 567 g/mol. The number of rotatable bonds is 23. The van der Waals surface area contributed by atoms with Gasteiger partial charge in [-0.15, -0.1) is 0 Å².